The molecule has 1 heterocycles. The van der Waals surface area contributed by atoms with E-state index >= 15 is 0 Å². The van der Waals surface area contributed by atoms with E-state index in [4.69, 9.17) is 9.47 Å². The number of methoxy groups -OCH3 is 1. The molecule has 3 aromatic carbocycles. The van der Waals surface area contributed by atoms with Crippen molar-refractivity contribution < 1.29 is 32.6 Å². The van der Waals surface area contributed by atoms with Crippen LogP contribution in [0.3, 0.4) is 0 Å². The van der Waals surface area contributed by atoms with Gasteiger partial charge in [-0.15, -0.1) is 0 Å². The van der Waals surface area contributed by atoms with Crippen LogP contribution >= 0.6 is 0 Å². The van der Waals surface area contributed by atoms with Crippen molar-refractivity contribution in [3.63, 3.8) is 0 Å². The molecule has 0 spiro atoms. The lowest BCUT2D eigenvalue weighted by Crippen LogP contribution is -2.48. The summed E-state index contributed by atoms with van der Waals surface area (Å²) in [5.74, 6) is -2.81. The Balaban J connectivity index is 1.68. The van der Waals surface area contributed by atoms with Crippen LogP contribution in [0.4, 0.5) is 14.5 Å². The van der Waals surface area contributed by atoms with Gasteiger partial charge in [-0.25, -0.2) is 8.78 Å². The number of hydrogen-bond acceptors (Lipinski definition) is 5. The van der Waals surface area contributed by atoms with E-state index < -0.39 is 35.6 Å². The van der Waals surface area contributed by atoms with Crippen LogP contribution in [0, 0.1) is 17.6 Å². The van der Waals surface area contributed by atoms with E-state index in [2.05, 4.69) is 5.32 Å². The molecule has 1 aliphatic heterocycles. The SMILES string of the molecule is CO[C@@H]1CN(C)C(=O)c2ccc(NC(=O)c3ccccc3F)cc2OC[C@H](C)N(C(=O)c2ccccc2F)C[C@@H]1C. The number of fused-ring (bicyclic) bond motifs is 1. The maximum Gasteiger partial charge on any atom is 0.258 e. The number of hydrogen-bond donors (Lipinski definition) is 1. The van der Waals surface area contributed by atoms with Crippen LogP contribution in [0.2, 0.25) is 0 Å². The molecule has 1 aliphatic rings. The molecule has 3 amide bonds. The Labute approximate surface area is 237 Å². The lowest BCUT2D eigenvalue weighted by atomic mass is 10.0. The van der Waals surface area contributed by atoms with Gasteiger partial charge in [0.2, 0.25) is 0 Å². The fourth-order valence-electron chi connectivity index (χ4n) is 4.77. The Morgan fingerprint density at radius 1 is 0.951 bits per heavy atom. The van der Waals surface area contributed by atoms with E-state index in [-0.39, 0.29) is 59.6 Å². The molecule has 8 nitrogen and oxygen atoms in total. The van der Waals surface area contributed by atoms with Crippen molar-refractivity contribution in [2.24, 2.45) is 5.92 Å². The molecule has 10 heteroatoms. The van der Waals surface area contributed by atoms with Crippen molar-refractivity contribution in [2.75, 3.05) is 39.2 Å². The molecule has 0 aliphatic carbocycles. The van der Waals surface area contributed by atoms with Gasteiger partial charge < -0.3 is 24.6 Å². The predicted molar refractivity (Wildman–Crippen MR) is 150 cm³/mol. The second kappa shape index (κ2) is 12.9. The Morgan fingerprint density at radius 3 is 2.22 bits per heavy atom. The van der Waals surface area contributed by atoms with E-state index in [9.17, 15) is 23.2 Å². The second-order valence-electron chi connectivity index (χ2n) is 10.2. The van der Waals surface area contributed by atoms with Crippen LogP contribution in [0.25, 0.3) is 0 Å². The van der Waals surface area contributed by atoms with Crippen molar-refractivity contribution in [2.45, 2.75) is 26.0 Å². The van der Waals surface area contributed by atoms with Gasteiger partial charge in [0.25, 0.3) is 17.7 Å². The first-order valence-electron chi connectivity index (χ1n) is 13.3. The smallest absolute Gasteiger partial charge is 0.258 e. The minimum atomic E-state index is -0.667. The van der Waals surface area contributed by atoms with Crippen LogP contribution in [-0.2, 0) is 4.74 Å². The molecule has 216 valence electrons. The fraction of sp³-hybridized carbons (Fsp3) is 0.323. The Hall–Kier alpha value is -4.31. The van der Waals surface area contributed by atoms with E-state index in [1.54, 1.807) is 38.1 Å². The summed E-state index contributed by atoms with van der Waals surface area (Å²) in [7, 11) is 3.18. The zero-order valence-electron chi connectivity index (χ0n) is 23.4. The van der Waals surface area contributed by atoms with Gasteiger partial charge in [0.1, 0.15) is 24.0 Å². The highest BCUT2D eigenvalue weighted by atomic mass is 19.1. The zero-order chi connectivity index (χ0) is 29.7. The van der Waals surface area contributed by atoms with Crippen LogP contribution in [-0.4, -0.2) is 73.5 Å². The van der Waals surface area contributed by atoms with Crippen molar-refractivity contribution in [3.8, 4) is 5.75 Å². The zero-order valence-corrected chi connectivity index (χ0v) is 23.4. The van der Waals surface area contributed by atoms with Gasteiger partial charge in [0, 0.05) is 44.9 Å². The lowest BCUT2D eigenvalue weighted by Gasteiger charge is -2.36. The molecule has 3 aromatic rings. The predicted octanol–water partition coefficient (Wildman–Crippen LogP) is 4.86. The van der Waals surface area contributed by atoms with E-state index in [0.717, 1.165) is 0 Å². The number of rotatable bonds is 4. The minimum Gasteiger partial charge on any atom is -0.491 e. The Kier molecular flexibility index (Phi) is 9.34. The highest BCUT2D eigenvalue weighted by molar-refractivity contribution is 6.05. The summed E-state index contributed by atoms with van der Waals surface area (Å²) in [4.78, 5) is 42.7. The third kappa shape index (κ3) is 6.71. The molecular weight excluding hydrogens is 532 g/mol. The Bertz CT molecular complexity index is 1430. The summed E-state index contributed by atoms with van der Waals surface area (Å²) >= 11 is 0. The minimum absolute atomic E-state index is 0.0285. The molecule has 0 bridgehead atoms. The Morgan fingerprint density at radius 2 is 1.59 bits per heavy atom. The maximum absolute atomic E-state index is 14.6. The molecule has 3 atom stereocenters. The van der Waals surface area contributed by atoms with E-state index in [1.807, 2.05) is 6.92 Å². The summed E-state index contributed by atoms with van der Waals surface area (Å²) in [6.07, 6.45) is -0.421. The van der Waals surface area contributed by atoms with E-state index in [1.165, 1.54) is 59.5 Å². The number of anilines is 1. The quantitative estimate of drug-likeness (QED) is 0.488. The molecule has 0 saturated carbocycles. The molecular formula is C31H33F2N3O5. The van der Waals surface area contributed by atoms with Gasteiger partial charge in [0.05, 0.1) is 28.8 Å². The number of ether oxygens (including phenoxy) is 2. The first-order chi connectivity index (χ1) is 19.6. The van der Waals surface area contributed by atoms with Gasteiger partial charge in [-0.05, 0) is 43.3 Å². The standard InChI is InChI=1S/C31H33F2N3O5/c1-19-16-36(31(39)23-10-6-8-12-26(23)33)20(2)18-41-27-15-21(34-29(37)22-9-5-7-11-25(22)32)13-14-24(27)30(38)35(3)17-28(19)40-4/h5-15,19-20,28H,16-18H2,1-4H3,(H,34,37)/t19-,20-,28+/m0/s1. The maximum atomic E-state index is 14.6. The van der Waals surface area contributed by atoms with Crippen molar-refractivity contribution in [3.05, 3.63) is 95.1 Å². The van der Waals surface area contributed by atoms with E-state index in [0.29, 0.717) is 0 Å². The van der Waals surface area contributed by atoms with Crippen LogP contribution in [0.15, 0.2) is 66.7 Å². The molecule has 0 saturated heterocycles. The van der Waals surface area contributed by atoms with Crippen LogP contribution in [0.1, 0.15) is 44.9 Å². The second-order valence-corrected chi connectivity index (χ2v) is 10.2. The molecule has 1 N–H and O–H groups in total. The highest BCUT2D eigenvalue weighted by Crippen LogP contribution is 2.28. The van der Waals surface area contributed by atoms with Gasteiger partial charge in [-0.3, -0.25) is 14.4 Å². The summed E-state index contributed by atoms with van der Waals surface area (Å²) in [5.41, 5.74) is 0.333. The van der Waals surface area contributed by atoms with Crippen LogP contribution in [0.5, 0.6) is 5.75 Å². The first kappa shape index (κ1) is 29.7. The van der Waals surface area contributed by atoms with Crippen LogP contribution < -0.4 is 10.1 Å². The van der Waals surface area contributed by atoms with Crippen molar-refractivity contribution in [1.82, 2.24) is 9.80 Å². The number of halogens is 2. The van der Waals surface area contributed by atoms with Gasteiger partial charge in [0.15, 0.2) is 0 Å². The summed E-state index contributed by atoms with van der Waals surface area (Å²) in [6, 6.07) is 15.4. The largest absolute Gasteiger partial charge is 0.491 e. The number of amides is 3. The fourth-order valence-corrected chi connectivity index (χ4v) is 4.77. The molecule has 4 rings (SSSR count). The first-order valence-corrected chi connectivity index (χ1v) is 13.3. The number of likely N-dealkylation sites (N-methyl/N-ethyl adjacent to an activating group) is 1. The van der Waals surface area contributed by atoms with Gasteiger partial charge in [-0.1, -0.05) is 31.2 Å². The molecule has 0 unspecified atom stereocenters. The molecule has 0 radical (unpaired) electrons. The number of nitrogens with one attached hydrogen (secondary N) is 1. The summed E-state index contributed by atoms with van der Waals surface area (Å²) in [5, 5.41) is 2.64. The van der Waals surface area contributed by atoms with Gasteiger partial charge >= 0.3 is 0 Å². The number of nitrogens with zero attached hydrogens (tertiary/aromatic N) is 2. The molecule has 0 aromatic heterocycles. The average Bonchev–Trinajstić information content (AvgIpc) is 2.96. The third-order valence-electron chi connectivity index (χ3n) is 7.19. The highest BCUT2D eigenvalue weighted by Gasteiger charge is 2.31. The van der Waals surface area contributed by atoms with Gasteiger partial charge in [-0.2, -0.15) is 0 Å². The third-order valence-corrected chi connectivity index (χ3v) is 7.19. The monoisotopic (exact) mass is 565 g/mol. The topological polar surface area (TPSA) is 88.2 Å². The summed E-state index contributed by atoms with van der Waals surface area (Å²) in [6.45, 7) is 4.10. The van der Waals surface area contributed by atoms with Crippen molar-refractivity contribution in [1.29, 1.82) is 0 Å². The number of benzene rings is 3. The normalized spacial score (nSPS) is 19.9. The number of carbonyl (C=O) groups excluding carboxylic acids is 3. The lowest BCUT2D eigenvalue weighted by molar-refractivity contribution is 0.0110. The summed E-state index contributed by atoms with van der Waals surface area (Å²) < 4.78 is 40.5. The number of carbonyl (C=O) groups is 3. The molecule has 0 fully saturated rings. The average molecular weight is 566 g/mol. The van der Waals surface area contributed by atoms with Crippen molar-refractivity contribution >= 4 is 23.4 Å². The molecule has 41 heavy (non-hydrogen) atoms.